The van der Waals surface area contributed by atoms with Gasteiger partial charge in [-0.15, -0.1) is 0 Å². The number of thiophene rings is 1. The molecule has 1 aliphatic heterocycles. The van der Waals surface area contributed by atoms with Gasteiger partial charge in [-0.05, 0) is 17.2 Å². The topological polar surface area (TPSA) is 129 Å². The zero-order valence-corrected chi connectivity index (χ0v) is 17.0. The standard InChI is InChI=1S/C18H7N3O6S3/c22-19(23)8-1-2-10-11(3-8)17(18-29-14-6-28-7-15(14)30-18)12-4-9(20(24)25)5-13(16(10)12)21(26)27/h1-7H. The van der Waals surface area contributed by atoms with Crippen molar-refractivity contribution in [3.8, 4) is 11.1 Å². The number of hydrogen-bond donors (Lipinski definition) is 0. The van der Waals surface area contributed by atoms with Gasteiger partial charge in [-0.2, -0.15) is 11.3 Å². The summed E-state index contributed by atoms with van der Waals surface area (Å²) in [5.41, 5.74) is 1.10. The van der Waals surface area contributed by atoms with Crippen LogP contribution in [-0.2, 0) is 0 Å². The van der Waals surface area contributed by atoms with Gasteiger partial charge in [0.15, 0.2) is 0 Å². The van der Waals surface area contributed by atoms with Crippen LogP contribution in [-0.4, -0.2) is 14.8 Å². The van der Waals surface area contributed by atoms with E-state index in [0.29, 0.717) is 22.3 Å². The van der Waals surface area contributed by atoms with Crippen LogP contribution >= 0.6 is 34.9 Å². The summed E-state index contributed by atoms with van der Waals surface area (Å²) in [4.78, 5) is 34.7. The van der Waals surface area contributed by atoms with E-state index >= 15 is 0 Å². The summed E-state index contributed by atoms with van der Waals surface area (Å²) < 4.78 is 0.781. The van der Waals surface area contributed by atoms with Crippen molar-refractivity contribution in [3.05, 3.63) is 86.8 Å². The highest BCUT2D eigenvalue weighted by molar-refractivity contribution is 8.25. The highest BCUT2D eigenvalue weighted by Gasteiger charge is 2.37. The first-order chi connectivity index (χ1) is 14.3. The molecule has 1 aromatic heterocycles. The van der Waals surface area contributed by atoms with Crippen LogP contribution in [0.2, 0.25) is 0 Å². The molecular weight excluding hydrogens is 450 g/mol. The van der Waals surface area contributed by atoms with Gasteiger partial charge in [-0.3, -0.25) is 30.3 Å². The van der Waals surface area contributed by atoms with E-state index in [2.05, 4.69) is 0 Å². The largest absolute Gasteiger partial charge is 0.284 e. The number of fused-ring (bicyclic) bond motifs is 4. The second-order valence-corrected chi connectivity index (χ2v) is 9.46. The van der Waals surface area contributed by atoms with Crippen molar-refractivity contribution in [2.45, 2.75) is 9.79 Å². The predicted octanol–water partition coefficient (Wildman–Crippen LogP) is 6.07. The smallest absolute Gasteiger partial charge is 0.258 e. The van der Waals surface area contributed by atoms with Gasteiger partial charge in [0.05, 0.1) is 30.6 Å². The third-order valence-corrected chi connectivity index (χ3v) is 8.30. The van der Waals surface area contributed by atoms with Crippen molar-refractivity contribution in [2.24, 2.45) is 0 Å². The number of rotatable bonds is 3. The first-order valence-electron chi connectivity index (χ1n) is 8.27. The van der Waals surface area contributed by atoms with E-state index in [-0.39, 0.29) is 11.3 Å². The average molecular weight is 457 g/mol. The lowest BCUT2D eigenvalue weighted by Gasteiger charge is -2.07. The summed E-state index contributed by atoms with van der Waals surface area (Å²) in [5.74, 6) is 0. The molecule has 0 saturated heterocycles. The van der Waals surface area contributed by atoms with Crippen molar-refractivity contribution in [2.75, 3.05) is 0 Å². The molecule has 30 heavy (non-hydrogen) atoms. The van der Waals surface area contributed by atoms with E-state index in [0.717, 1.165) is 20.1 Å². The molecule has 0 unspecified atom stereocenters. The fourth-order valence-electron chi connectivity index (χ4n) is 3.52. The maximum atomic E-state index is 11.7. The fraction of sp³-hybridized carbons (Fsp3) is 0. The lowest BCUT2D eigenvalue weighted by molar-refractivity contribution is -0.393. The molecule has 0 amide bonds. The minimum absolute atomic E-state index is 0.154. The molecule has 5 rings (SSSR count). The van der Waals surface area contributed by atoms with Crippen LogP contribution in [0, 0.1) is 30.3 Å². The van der Waals surface area contributed by atoms with E-state index in [1.165, 1.54) is 47.8 Å². The molecule has 0 saturated carbocycles. The zero-order chi connectivity index (χ0) is 21.2. The minimum atomic E-state index is -0.674. The SMILES string of the molecule is O=[N+]([O-])c1ccc2c(c1)C(=C1Sc3cscc3S1)c1cc([N+](=O)[O-])cc([N+](=O)[O-])c1-2. The second kappa shape index (κ2) is 6.65. The summed E-state index contributed by atoms with van der Waals surface area (Å²) in [6.07, 6.45) is 0. The Kier molecular flexibility index (Phi) is 4.17. The molecule has 12 heteroatoms. The minimum Gasteiger partial charge on any atom is -0.258 e. The number of nitro benzene ring substituents is 3. The van der Waals surface area contributed by atoms with Gasteiger partial charge in [-0.25, -0.2) is 0 Å². The van der Waals surface area contributed by atoms with E-state index in [9.17, 15) is 30.3 Å². The Balaban J connectivity index is 1.86. The predicted molar refractivity (Wildman–Crippen MR) is 114 cm³/mol. The number of hydrogen-bond acceptors (Lipinski definition) is 9. The van der Waals surface area contributed by atoms with E-state index in [1.807, 2.05) is 10.8 Å². The molecule has 1 aliphatic carbocycles. The summed E-state index contributed by atoms with van der Waals surface area (Å²) in [6, 6.07) is 6.37. The van der Waals surface area contributed by atoms with Gasteiger partial charge in [0.2, 0.25) is 0 Å². The van der Waals surface area contributed by atoms with Gasteiger partial charge < -0.3 is 0 Å². The van der Waals surface area contributed by atoms with E-state index in [4.69, 9.17) is 0 Å². The van der Waals surface area contributed by atoms with Crippen LogP contribution in [0.15, 0.2) is 55.1 Å². The summed E-state index contributed by atoms with van der Waals surface area (Å²) >= 11 is 4.45. The molecule has 2 aliphatic rings. The van der Waals surface area contributed by atoms with Crippen molar-refractivity contribution >= 4 is 57.5 Å². The fourth-order valence-corrected chi connectivity index (χ4v) is 7.28. The Bertz CT molecular complexity index is 1320. The molecule has 0 atom stereocenters. The number of nitrogens with zero attached hydrogens (tertiary/aromatic N) is 3. The Morgan fingerprint density at radius 3 is 1.93 bits per heavy atom. The first kappa shape index (κ1) is 18.8. The van der Waals surface area contributed by atoms with Crippen molar-refractivity contribution in [3.63, 3.8) is 0 Å². The Labute approximate surface area is 179 Å². The van der Waals surface area contributed by atoms with Crippen molar-refractivity contribution in [1.82, 2.24) is 0 Å². The molecule has 9 nitrogen and oxygen atoms in total. The molecule has 0 bridgehead atoms. The number of nitro groups is 3. The molecule has 3 aromatic rings. The molecule has 0 N–H and O–H groups in total. The quantitative estimate of drug-likeness (QED) is 0.268. The van der Waals surface area contributed by atoms with E-state index in [1.54, 1.807) is 11.3 Å². The first-order valence-corrected chi connectivity index (χ1v) is 10.9. The lowest BCUT2D eigenvalue weighted by atomic mass is 10.0. The van der Waals surface area contributed by atoms with Crippen LogP contribution < -0.4 is 0 Å². The molecular formula is C18H7N3O6S3. The van der Waals surface area contributed by atoms with Gasteiger partial charge in [0.25, 0.3) is 17.1 Å². The average Bonchev–Trinajstić information content (AvgIpc) is 3.37. The molecule has 2 heterocycles. The van der Waals surface area contributed by atoms with Crippen molar-refractivity contribution < 1.29 is 14.8 Å². The molecule has 0 fully saturated rings. The number of benzene rings is 2. The number of thioether (sulfide) groups is 2. The van der Waals surface area contributed by atoms with Crippen LogP contribution in [0.3, 0.4) is 0 Å². The van der Waals surface area contributed by atoms with Gasteiger partial charge in [0.1, 0.15) is 0 Å². The van der Waals surface area contributed by atoms with Crippen molar-refractivity contribution in [1.29, 1.82) is 0 Å². The highest BCUT2D eigenvalue weighted by Crippen LogP contribution is 2.60. The third-order valence-electron chi connectivity index (χ3n) is 4.73. The third kappa shape index (κ3) is 2.72. The Hall–Kier alpha value is -3.22. The van der Waals surface area contributed by atoms with Crippen LogP contribution in [0.25, 0.3) is 16.7 Å². The molecule has 0 spiro atoms. The molecule has 0 radical (unpaired) electrons. The van der Waals surface area contributed by atoms with E-state index < -0.39 is 26.1 Å². The summed E-state index contributed by atoms with van der Waals surface area (Å²) in [5, 5.41) is 38.4. The Morgan fingerprint density at radius 2 is 1.33 bits per heavy atom. The van der Waals surface area contributed by atoms with Gasteiger partial charge >= 0.3 is 0 Å². The monoisotopic (exact) mass is 457 g/mol. The second-order valence-electron chi connectivity index (χ2n) is 6.36. The highest BCUT2D eigenvalue weighted by atomic mass is 32.2. The van der Waals surface area contributed by atoms with Crippen LogP contribution in [0.1, 0.15) is 11.1 Å². The Morgan fingerprint density at radius 1 is 0.700 bits per heavy atom. The lowest BCUT2D eigenvalue weighted by Crippen LogP contribution is -1.96. The normalized spacial score (nSPS) is 13.7. The van der Waals surface area contributed by atoms with Gasteiger partial charge in [-0.1, -0.05) is 23.5 Å². The number of non-ortho nitro benzene ring substituents is 2. The summed E-state index contributed by atoms with van der Waals surface area (Å²) in [7, 11) is 0. The van der Waals surface area contributed by atoms with Gasteiger partial charge in [0, 0.05) is 49.9 Å². The summed E-state index contributed by atoms with van der Waals surface area (Å²) in [6.45, 7) is 0. The molecule has 148 valence electrons. The zero-order valence-electron chi connectivity index (χ0n) is 14.6. The van der Waals surface area contributed by atoms with Crippen LogP contribution in [0.5, 0.6) is 0 Å². The maximum absolute atomic E-state index is 11.7. The molecule has 2 aromatic carbocycles. The maximum Gasteiger partial charge on any atom is 0.284 e. The van der Waals surface area contributed by atoms with Crippen LogP contribution in [0.4, 0.5) is 17.1 Å².